The predicted molar refractivity (Wildman–Crippen MR) is 189 cm³/mol. The molecule has 0 unspecified atom stereocenters. The standard InChI is InChI=1S/C36H42ClN7O7/c1-2-12-47-14-16-49-18-20-51-21-19-50-17-15-48-13-4-3-11-43-31-6-5-27(37)22-30(31)40-33(43)24-44-32-23-38-9-7-28(32)36(35(44)46)25-42(26-36)34(45)29-8-10-39-41-29/h1,5-10,22-23H,3-4,11-21,24-26H2,(H,39,41). The fourth-order valence-corrected chi connectivity index (χ4v) is 6.56. The maximum Gasteiger partial charge on any atom is 0.274 e. The zero-order chi connectivity index (χ0) is 35.5. The number of aryl methyl sites for hydroxylation is 1. The highest BCUT2D eigenvalue weighted by molar-refractivity contribution is 6.31. The highest BCUT2D eigenvalue weighted by Gasteiger charge is 2.59. The number of anilines is 1. The van der Waals surface area contributed by atoms with Crippen molar-refractivity contribution in [3.05, 3.63) is 71.0 Å². The molecule has 0 atom stereocenters. The number of aromatic nitrogens is 5. The molecule has 0 aliphatic carbocycles. The number of carbonyl (C=O) groups excluding carboxylic acids is 2. The average molecular weight is 720 g/mol. The van der Waals surface area contributed by atoms with Gasteiger partial charge in [-0.1, -0.05) is 17.5 Å². The number of terminal acetylenes is 1. The number of pyridine rings is 1. The Balaban J connectivity index is 0.963. The number of likely N-dealkylation sites (tertiary alicyclic amines) is 1. The number of ether oxygens (including phenoxy) is 5. The van der Waals surface area contributed by atoms with Gasteiger partial charge in [0.2, 0.25) is 5.91 Å². The van der Waals surface area contributed by atoms with Crippen molar-refractivity contribution < 1.29 is 33.3 Å². The zero-order valence-corrected chi connectivity index (χ0v) is 29.2. The zero-order valence-electron chi connectivity index (χ0n) is 28.4. The summed E-state index contributed by atoms with van der Waals surface area (Å²) in [5.74, 6) is 2.88. The molecule has 1 N–H and O–H groups in total. The van der Waals surface area contributed by atoms with Crippen molar-refractivity contribution in [2.24, 2.45) is 0 Å². The van der Waals surface area contributed by atoms with Crippen LogP contribution in [0.5, 0.6) is 0 Å². The van der Waals surface area contributed by atoms with Crippen molar-refractivity contribution in [1.29, 1.82) is 0 Å². The van der Waals surface area contributed by atoms with E-state index in [2.05, 4.69) is 25.7 Å². The van der Waals surface area contributed by atoms with E-state index in [0.717, 1.165) is 41.0 Å². The summed E-state index contributed by atoms with van der Waals surface area (Å²) in [5, 5.41) is 7.28. The van der Waals surface area contributed by atoms with Crippen LogP contribution in [0.25, 0.3) is 11.0 Å². The van der Waals surface area contributed by atoms with E-state index in [-0.39, 0.29) is 31.4 Å². The summed E-state index contributed by atoms with van der Waals surface area (Å²) in [4.78, 5) is 39.8. The molecular weight excluding hydrogens is 678 g/mol. The van der Waals surface area contributed by atoms with Gasteiger partial charge in [0.05, 0.1) is 82.3 Å². The number of nitrogens with one attached hydrogen (secondary N) is 1. The van der Waals surface area contributed by atoms with Crippen molar-refractivity contribution in [3.63, 3.8) is 0 Å². The van der Waals surface area contributed by atoms with Crippen LogP contribution in [0.4, 0.5) is 5.69 Å². The lowest BCUT2D eigenvalue weighted by atomic mass is 9.74. The minimum absolute atomic E-state index is 0.0669. The Morgan fingerprint density at radius 3 is 2.33 bits per heavy atom. The summed E-state index contributed by atoms with van der Waals surface area (Å²) in [6.07, 6.45) is 11.8. The molecule has 270 valence electrons. The lowest BCUT2D eigenvalue weighted by Crippen LogP contribution is -2.65. The molecule has 5 heterocycles. The second-order valence-corrected chi connectivity index (χ2v) is 12.6. The van der Waals surface area contributed by atoms with Crippen LogP contribution in [-0.4, -0.2) is 121 Å². The number of hydrogen-bond donors (Lipinski definition) is 1. The van der Waals surface area contributed by atoms with Crippen LogP contribution in [0.1, 0.15) is 34.7 Å². The number of unbranched alkanes of at least 4 members (excludes halogenated alkanes) is 1. The van der Waals surface area contributed by atoms with Gasteiger partial charge in [-0.15, -0.1) is 6.42 Å². The third-order valence-electron chi connectivity index (χ3n) is 8.87. The molecule has 1 aromatic carbocycles. The molecule has 4 aromatic rings. The normalized spacial score (nSPS) is 14.7. The maximum absolute atomic E-state index is 14.2. The van der Waals surface area contributed by atoms with Crippen LogP contribution in [0.15, 0.2) is 48.9 Å². The van der Waals surface area contributed by atoms with E-state index in [0.29, 0.717) is 83.3 Å². The lowest BCUT2D eigenvalue weighted by molar-refractivity contribution is -0.128. The van der Waals surface area contributed by atoms with E-state index >= 15 is 0 Å². The second-order valence-electron chi connectivity index (χ2n) is 12.2. The predicted octanol–water partition coefficient (Wildman–Crippen LogP) is 3.24. The van der Waals surface area contributed by atoms with Crippen LogP contribution in [0.3, 0.4) is 0 Å². The molecule has 0 radical (unpaired) electrons. The van der Waals surface area contributed by atoms with Crippen LogP contribution < -0.4 is 4.90 Å². The number of hydrogen-bond acceptors (Lipinski definition) is 10. The number of rotatable bonds is 21. The Morgan fingerprint density at radius 2 is 1.65 bits per heavy atom. The van der Waals surface area contributed by atoms with Crippen molar-refractivity contribution in [2.75, 3.05) is 84.1 Å². The number of benzene rings is 1. The van der Waals surface area contributed by atoms with E-state index in [1.54, 1.807) is 34.5 Å². The first-order valence-electron chi connectivity index (χ1n) is 17.0. The molecule has 0 bridgehead atoms. The first kappa shape index (κ1) is 36.4. The van der Waals surface area contributed by atoms with Gasteiger partial charge in [0.1, 0.15) is 23.5 Å². The summed E-state index contributed by atoms with van der Waals surface area (Å²) in [7, 11) is 0. The number of imidazole rings is 1. The highest BCUT2D eigenvalue weighted by Crippen LogP contribution is 2.47. The number of nitrogens with zero attached hydrogens (tertiary/aromatic N) is 6. The van der Waals surface area contributed by atoms with Crippen molar-refractivity contribution in [1.82, 2.24) is 29.6 Å². The third-order valence-corrected chi connectivity index (χ3v) is 9.11. The monoisotopic (exact) mass is 719 g/mol. The van der Waals surface area contributed by atoms with Crippen LogP contribution >= 0.6 is 11.6 Å². The molecule has 6 rings (SSSR count). The summed E-state index contributed by atoms with van der Waals surface area (Å²) < 4.78 is 29.5. The number of amides is 2. The lowest BCUT2D eigenvalue weighted by Gasteiger charge is -2.46. The molecule has 1 fully saturated rings. The number of H-pyrrole nitrogens is 1. The Hall–Kier alpha value is -4.36. The number of fused-ring (bicyclic) bond motifs is 3. The number of halogens is 1. The van der Waals surface area contributed by atoms with Gasteiger partial charge in [-0.3, -0.25) is 19.7 Å². The Morgan fingerprint density at radius 1 is 0.941 bits per heavy atom. The van der Waals surface area contributed by atoms with Gasteiger partial charge < -0.3 is 38.1 Å². The van der Waals surface area contributed by atoms with E-state index in [1.807, 2.05) is 24.3 Å². The van der Waals surface area contributed by atoms with Gasteiger partial charge in [-0.05, 0) is 48.7 Å². The first-order valence-corrected chi connectivity index (χ1v) is 17.4. The average Bonchev–Trinajstić information content (AvgIpc) is 3.83. The van der Waals surface area contributed by atoms with Crippen LogP contribution in [0.2, 0.25) is 5.02 Å². The Bertz CT molecular complexity index is 1800. The highest BCUT2D eigenvalue weighted by atomic mass is 35.5. The topological polar surface area (TPSA) is 146 Å². The summed E-state index contributed by atoms with van der Waals surface area (Å²) in [6, 6.07) is 9.16. The molecule has 2 aliphatic rings. The molecule has 3 aromatic heterocycles. The fraction of sp³-hybridized carbons (Fsp3) is 0.472. The largest absolute Gasteiger partial charge is 0.379 e. The SMILES string of the molecule is C#CCOCCOCCOCCOCCOCCCCn1c(CN2C(=O)C3(CN(C(=O)c4cc[nH]n4)C3)c3ccncc32)nc2cc(Cl)ccc21. The molecule has 51 heavy (non-hydrogen) atoms. The van der Waals surface area contributed by atoms with E-state index < -0.39 is 5.41 Å². The van der Waals surface area contributed by atoms with Crippen LogP contribution in [0, 0.1) is 12.3 Å². The number of carbonyl (C=O) groups is 2. The van der Waals surface area contributed by atoms with E-state index in [4.69, 9.17) is 46.7 Å². The quantitative estimate of drug-likeness (QED) is 0.101. The van der Waals surface area contributed by atoms with Gasteiger partial charge in [-0.25, -0.2) is 4.98 Å². The minimum Gasteiger partial charge on any atom is -0.379 e. The van der Waals surface area contributed by atoms with Crippen molar-refractivity contribution >= 4 is 40.1 Å². The molecule has 14 nitrogen and oxygen atoms in total. The van der Waals surface area contributed by atoms with E-state index in [1.165, 1.54) is 0 Å². The maximum atomic E-state index is 14.2. The second kappa shape index (κ2) is 17.7. The minimum atomic E-state index is -0.827. The fourth-order valence-electron chi connectivity index (χ4n) is 6.39. The van der Waals surface area contributed by atoms with Gasteiger partial charge >= 0.3 is 0 Å². The molecular formula is C36H42ClN7O7. The van der Waals surface area contributed by atoms with Crippen molar-refractivity contribution in [2.45, 2.75) is 31.3 Å². The Labute approximate surface area is 301 Å². The molecule has 2 amide bonds. The van der Waals surface area contributed by atoms with Gasteiger partial charge in [0, 0.05) is 43.7 Å². The summed E-state index contributed by atoms with van der Waals surface area (Å²) >= 11 is 6.33. The van der Waals surface area contributed by atoms with Gasteiger partial charge in [-0.2, -0.15) is 5.10 Å². The van der Waals surface area contributed by atoms with Gasteiger partial charge in [0.15, 0.2) is 0 Å². The molecule has 1 spiro atoms. The summed E-state index contributed by atoms with van der Waals surface area (Å²) in [6.45, 7) is 6.26. The third kappa shape index (κ3) is 8.58. The van der Waals surface area contributed by atoms with Crippen LogP contribution in [-0.2, 0) is 47.0 Å². The van der Waals surface area contributed by atoms with E-state index in [9.17, 15) is 9.59 Å². The van der Waals surface area contributed by atoms with Gasteiger partial charge in [0.25, 0.3) is 5.91 Å². The summed E-state index contributed by atoms with van der Waals surface area (Å²) in [5.41, 5.74) is 2.82. The number of aromatic amines is 1. The molecule has 2 aliphatic heterocycles. The smallest absolute Gasteiger partial charge is 0.274 e. The molecule has 15 heteroatoms. The molecule has 0 saturated carbocycles. The molecule has 1 saturated heterocycles. The first-order chi connectivity index (χ1) is 25.0. The van der Waals surface area contributed by atoms with Crippen molar-refractivity contribution in [3.8, 4) is 12.3 Å². The Kier molecular flexibility index (Phi) is 12.7.